The van der Waals surface area contributed by atoms with Gasteiger partial charge in [0.05, 0.1) is 24.6 Å². The van der Waals surface area contributed by atoms with E-state index in [4.69, 9.17) is 9.84 Å². The van der Waals surface area contributed by atoms with Crippen LogP contribution in [0.3, 0.4) is 0 Å². The van der Waals surface area contributed by atoms with Gasteiger partial charge in [-0.1, -0.05) is 24.5 Å². The molecule has 1 fully saturated rings. The molecule has 1 aromatic rings. The molecule has 0 radical (unpaired) electrons. The second-order valence-corrected chi connectivity index (χ2v) is 5.72. The smallest absolute Gasteiger partial charge is 0.305 e. The maximum atomic E-state index is 12.5. The van der Waals surface area contributed by atoms with Gasteiger partial charge in [-0.05, 0) is 31.9 Å². The van der Waals surface area contributed by atoms with E-state index in [1.165, 1.54) is 7.11 Å². The van der Waals surface area contributed by atoms with Crippen LogP contribution in [0.4, 0.5) is 0 Å². The van der Waals surface area contributed by atoms with E-state index in [1.54, 1.807) is 12.1 Å². The van der Waals surface area contributed by atoms with E-state index in [0.29, 0.717) is 24.2 Å². The average Bonchev–Trinajstić information content (AvgIpc) is 2.85. The fourth-order valence-corrected chi connectivity index (χ4v) is 2.99. The monoisotopic (exact) mass is 291 g/mol. The van der Waals surface area contributed by atoms with Crippen LogP contribution in [0.5, 0.6) is 5.75 Å². The van der Waals surface area contributed by atoms with E-state index >= 15 is 0 Å². The van der Waals surface area contributed by atoms with Crippen LogP contribution in [0.15, 0.2) is 18.2 Å². The van der Waals surface area contributed by atoms with Crippen LogP contribution in [0.25, 0.3) is 0 Å². The first-order valence-electron chi connectivity index (χ1n) is 7.15. The van der Waals surface area contributed by atoms with Gasteiger partial charge in [0.1, 0.15) is 5.75 Å². The Kier molecular flexibility index (Phi) is 4.50. The molecule has 5 heteroatoms. The van der Waals surface area contributed by atoms with Crippen molar-refractivity contribution in [3.63, 3.8) is 0 Å². The summed E-state index contributed by atoms with van der Waals surface area (Å²) in [7, 11) is 1.52. The fourth-order valence-electron chi connectivity index (χ4n) is 2.99. The summed E-state index contributed by atoms with van der Waals surface area (Å²) in [6.45, 7) is 1.90. The molecular weight excluding hydrogens is 270 g/mol. The maximum Gasteiger partial charge on any atom is 0.305 e. The van der Waals surface area contributed by atoms with Gasteiger partial charge in [-0.3, -0.25) is 9.59 Å². The van der Waals surface area contributed by atoms with Crippen LogP contribution >= 0.6 is 0 Å². The Morgan fingerprint density at radius 3 is 2.57 bits per heavy atom. The number of aliphatic carboxylic acids is 1. The van der Waals surface area contributed by atoms with E-state index in [2.05, 4.69) is 5.32 Å². The lowest BCUT2D eigenvalue weighted by molar-refractivity contribution is -0.138. The van der Waals surface area contributed by atoms with Gasteiger partial charge in [-0.25, -0.2) is 0 Å². The molecule has 2 N–H and O–H groups in total. The number of carbonyl (C=O) groups excluding carboxylic acids is 1. The first kappa shape index (κ1) is 15.4. The minimum absolute atomic E-state index is 0.0349. The summed E-state index contributed by atoms with van der Waals surface area (Å²) in [6, 6.07) is 5.39. The standard InChI is InChI=1S/C16H21NO4/c1-11-5-6-13(21-2)12(9-11)15(20)17-16(10-14(18)19)7-3-4-8-16/h5-6,9H,3-4,7-8,10H2,1-2H3,(H,17,20)(H,18,19). The zero-order chi connectivity index (χ0) is 15.5. The summed E-state index contributed by atoms with van der Waals surface area (Å²) in [4.78, 5) is 23.6. The van der Waals surface area contributed by atoms with Gasteiger partial charge >= 0.3 is 5.97 Å². The van der Waals surface area contributed by atoms with Crippen LogP contribution in [0.1, 0.15) is 48.0 Å². The molecule has 0 bridgehead atoms. The summed E-state index contributed by atoms with van der Waals surface area (Å²) in [5.41, 5.74) is 0.784. The SMILES string of the molecule is COc1ccc(C)cc1C(=O)NC1(CC(=O)O)CCCC1. The Hall–Kier alpha value is -2.04. The molecule has 0 spiro atoms. The second kappa shape index (κ2) is 6.16. The number of methoxy groups -OCH3 is 1. The molecule has 0 aromatic heterocycles. The van der Waals surface area contributed by atoms with Crippen molar-refractivity contribution in [3.8, 4) is 5.75 Å². The number of carboxylic acids is 1. The predicted octanol–water partition coefficient (Wildman–Crippen LogP) is 2.52. The Bertz CT molecular complexity index is 547. The van der Waals surface area contributed by atoms with Gasteiger partial charge in [-0.2, -0.15) is 0 Å². The van der Waals surface area contributed by atoms with E-state index < -0.39 is 11.5 Å². The Labute approximate surface area is 124 Å². The lowest BCUT2D eigenvalue weighted by Crippen LogP contribution is -2.47. The lowest BCUT2D eigenvalue weighted by atomic mass is 9.92. The van der Waals surface area contributed by atoms with Crippen molar-refractivity contribution >= 4 is 11.9 Å². The molecule has 1 aliphatic carbocycles. The molecule has 1 aromatic carbocycles. The number of aryl methyl sites for hydroxylation is 1. The van der Waals surface area contributed by atoms with Crippen molar-refractivity contribution < 1.29 is 19.4 Å². The molecule has 1 aliphatic rings. The maximum absolute atomic E-state index is 12.5. The second-order valence-electron chi connectivity index (χ2n) is 5.72. The Morgan fingerprint density at radius 2 is 2.00 bits per heavy atom. The van der Waals surface area contributed by atoms with Crippen LogP contribution in [-0.4, -0.2) is 29.6 Å². The number of hydrogen-bond donors (Lipinski definition) is 2. The quantitative estimate of drug-likeness (QED) is 0.874. The minimum atomic E-state index is -0.881. The number of carbonyl (C=O) groups is 2. The molecule has 1 amide bonds. The third kappa shape index (κ3) is 3.54. The van der Waals surface area contributed by atoms with Crippen molar-refractivity contribution in [3.05, 3.63) is 29.3 Å². The molecule has 0 unspecified atom stereocenters. The van der Waals surface area contributed by atoms with Crippen LogP contribution < -0.4 is 10.1 Å². The highest BCUT2D eigenvalue weighted by Gasteiger charge is 2.38. The number of ether oxygens (including phenoxy) is 1. The molecule has 1 saturated carbocycles. The van der Waals surface area contributed by atoms with Crippen LogP contribution in [-0.2, 0) is 4.79 Å². The minimum Gasteiger partial charge on any atom is -0.496 e. The number of nitrogens with one attached hydrogen (secondary N) is 1. The fraction of sp³-hybridized carbons (Fsp3) is 0.500. The third-order valence-corrected chi connectivity index (χ3v) is 4.03. The van der Waals surface area contributed by atoms with E-state index in [1.807, 2.05) is 13.0 Å². The van der Waals surface area contributed by atoms with Crippen molar-refractivity contribution in [2.24, 2.45) is 0 Å². The topological polar surface area (TPSA) is 75.6 Å². The van der Waals surface area contributed by atoms with Crippen molar-refractivity contribution in [1.29, 1.82) is 0 Å². The highest BCUT2D eigenvalue weighted by Crippen LogP contribution is 2.33. The zero-order valence-electron chi connectivity index (χ0n) is 12.4. The summed E-state index contributed by atoms with van der Waals surface area (Å²) in [6.07, 6.45) is 3.27. The van der Waals surface area contributed by atoms with Crippen molar-refractivity contribution in [1.82, 2.24) is 5.32 Å². The molecular formula is C16H21NO4. The Morgan fingerprint density at radius 1 is 1.33 bits per heavy atom. The molecule has 0 atom stereocenters. The number of rotatable bonds is 5. The molecule has 0 heterocycles. The van der Waals surface area contributed by atoms with E-state index in [-0.39, 0.29) is 12.3 Å². The van der Waals surface area contributed by atoms with Gasteiger partial charge in [0.2, 0.25) is 0 Å². The van der Waals surface area contributed by atoms with Gasteiger partial charge in [0, 0.05) is 0 Å². The van der Waals surface area contributed by atoms with Gasteiger partial charge in [-0.15, -0.1) is 0 Å². The number of carboxylic acid groups (broad SMARTS) is 1. The van der Waals surface area contributed by atoms with E-state index in [0.717, 1.165) is 18.4 Å². The van der Waals surface area contributed by atoms with Crippen molar-refractivity contribution in [2.75, 3.05) is 7.11 Å². The summed E-state index contributed by atoms with van der Waals surface area (Å²) in [5.74, 6) is -0.645. The Balaban J connectivity index is 2.23. The van der Waals surface area contributed by atoms with Gasteiger partial charge in [0.25, 0.3) is 5.91 Å². The van der Waals surface area contributed by atoms with Crippen molar-refractivity contribution in [2.45, 2.75) is 44.6 Å². The number of benzene rings is 1. The lowest BCUT2D eigenvalue weighted by Gasteiger charge is -2.29. The molecule has 0 saturated heterocycles. The third-order valence-electron chi connectivity index (χ3n) is 4.03. The first-order valence-corrected chi connectivity index (χ1v) is 7.15. The number of hydrogen-bond acceptors (Lipinski definition) is 3. The zero-order valence-corrected chi connectivity index (χ0v) is 12.4. The highest BCUT2D eigenvalue weighted by atomic mass is 16.5. The predicted molar refractivity (Wildman–Crippen MR) is 78.6 cm³/mol. The number of amides is 1. The summed E-state index contributed by atoms with van der Waals surface area (Å²) < 4.78 is 5.22. The largest absolute Gasteiger partial charge is 0.496 e. The molecule has 0 aliphatic heterocycles. The van der Waals surface area contributed by atoms with Gasteiger partial charge in [0.15, 0.2) is 0 Å². The van der Waals surface area contributed by atoms with Crippen LogP contribution in [0.2, 0.25) is 0 Å². The molecule has 114 valence electrons. The molecule has 2 rings (SSSR count). The van der Waals surface area contributed by atoms with Gasteiger partial charge < -0.3 is 15.2 Å². The first-order chi connectivity index (χ1) is 9.96. The molecule has 5 nitrogen and oxygen atoms in total. The summed E-state index contributed by atoms with van der Waals surface area (Å²) in [5, 5.41) is 12.0. The normalized spacial score (nSPS) is 16.5. The summed E-state index contributed by atoms with van der Waals surface area (Å²) >= 11 is 0. The average molecular weight is 291 g/mol. The van der Waals surface area contributed by atoms with E-state index in [9.17, 15) is 9.59 Å². The molecule has 21 heavy (non-hydrogen) atoms. The highest BCUT2D eigenvalue weighted by molar-refractivity contribution is 5.97. The van der Waals surface area contributed by atoms with Crippen LogP contribution in [0, 0.1) is 6.92 Å².